The van der Waals surface area contributed by atoms with Gasteiger partial charge in [0.05, 0.1) is 13.7 Å². The molecule has 2 aliphatic rings. The number of hydrogen-bond acceptors (Lipinski definition) is 5. The first-order chi connectivity index (χ1) is 11.9. The molecule has 0 aliphatic carbocycles. The summed E-state index contributed by atoms with van der Waals surface area (Å²) in [4.78, 5) is 28.6. The molecular formula is C20H26N2O3. The smallest absolute Gasteiger partial charge is 0.323 e. The number of allylic oxidation sites excluding steroid dienone is 1. The lowest BCUT2D eigenvalue weighted by atomic mass is 9.83. The lowest BCUT2D eigenvalue weighted by Gasteiger charge is -2.25. The molecule has 2 heterocycles. The number of fused-ring (bicyclic) bond motifs is 1. The highest BCUT2D eigenvalue weighted by Crippen LogP contribution is 2.46. The zero-order chi connectivity index (χ0) is 18.2. The zero-order valence-corrected chi connectivity index (χ0v) is 15.4. The Bertz CT molecular complexity index is 723. The summed E-state index contributed by atoms with van der Waals surface area (Å²) in [6.45, 7) is 5.29. The number of ether oxygens (including phenoxy) is 1. The van der Waals surface area contributed by atoms with Gasteiger partial charge in [-0.15, -0.1) is 0 Å². The van der Waals surface area contributed by atoms with Crippen LogP contribution in [-0.2, 0) is 19.7 Å². The first kappa shape index (κ1) is 17.7. The molecule has 5 heteroatoms. The molecule has 0 saturated carbocycles. The third kappa shape index (κ3) is 3.09. The van der Waals surface area contributed by atoms with Crippen LogP contribution < -0.4 is 4.90 Å². The van der Waals surface area contributed by atoms with Crippen molar-refractivity contribution in [1.29, 1.82) is 0 Å². The maximum absolute atomic E-state index is 12.7. The van der Waals surface area contributed by atoms with E-state index in [1.54, 1.807) is 6.08 Å². The standard InChI is InChI=1S/C20H26N2O3/c1-20(2)15-8-5-6-9-16(15)21(3)18(20)12-14(23)13-22-11-7-10-17(22)19(24)25-4/h5-6,8-9,12,17H,7,10-11,13H2,1-4H3/b18-12+/t17-/m1/s1. The van der Waals surface area contributed by atoms with Gasteiger partial charge in [-0.05, 0) is 31.0 Å². The van der Waals surface area contributed by atoms with E-state index in [1.807, 2.05) is 24.1 Å². The van der Waals surface area contributed by atoms with E-state index in [1.165, 1.54) is 12.7 Å². The molecule has 1 saturated heterocycles. The summed E-state index contributed by atoms with van der Waals surface area (Å²) in [5.41, 5.74) is 3.14. The highest BCUT2D eigenvalue weighted by Gasteiger charge is 2.39. The number of likely N-dealkylation sites (tertiary alicyclic amines) is 1. The lowest BCUT2D eigenvalue weighted by molar-refractivity contribution is -0.146. The van der Waals surface area contributed by atoms with Gasteiger partial charge in [-0.1, -0.05) is 32.0 Å². The third-order valence-electron chi connectivity index (χ3n) is 5.43. The van der Waals surface area contributed by atoms with E-state index in [0.717, 1.165) is 30.8 Å². The Kier molecular flexibility index (Phi) is 4.69. The molecular weight excluding hydrogens is 316 g/mol. The van der Waals surface area contributed by atoms with Crippen molar-refractivity contribution < 1.29 is 14.3 Å². The average Bonchev–Trinajstić information content (AvgIpc) is 3.12. The van der Waals surface area contributed by atoms with Crippen molar-refractivity contribution in [3.05, 3.63) is 41.6 Å². The minimum Gasteiger partial charge on any atom is -0.468 e. The topological polar surface area (TPSA) is 49.9 Å². The molecule has 1 aromatic rings. The third-order valence-corrected chi connectivity index (χ3v) is 5.43. The fraction of sp³-hybridized carbons (Fsp3) is 0.500. The molecule has 1 atom stereocenters. The zero-order valence-electron chi connectivity index (χ0n) is 15.4. The lowest BCUT2D eigenvalue weighted by Crippen LogP contribution is -2.40. The summed E-state index contributed by atoms with van der Waals surface area (Å²) >= 11 is 0. The van der Waals surface area contributed by atoms with Gasteiger partial charge in [0.25, 0.3) is 0 Å². The normalized spacial score (nSPS) is 23.8. The Morgan fingerprint density at radius 1 is 1.32 bits per heavy atom. The molecule has 25 heavy (non-hydrogen) atoms. The predicted molar refractivity (Wildman–Crippen MR) is 97.6 cm³/mol. The molecule has 0 bridgehead atoms. The van der Waals surface area contributed by atoms with Crippen LogP contribution in [0.5, 0.6) is 0 Å². The number of anilines is 1. The Balaban J connectivity index is 1.79. The van der Waals surface area contributed by atoms with Gasteiger partial charge < -0.3 is 9.64 Å². The van der Waals surface area contributed by atoms with Crippen LogP contribution >= 0.6 is 0 Å². The Labute approximate surface area is 149 Å². The minimum absolute atomic E-state index is 0.0264. The second-order valence-corrected chi connectivity index (χ2v) is 7.35. The van der Waals surface area contributed by atoms with Gasteiger partial charge in [0.15, 0.2) is 5.78 Å². The Hall–Kier alpha value is -2.14. The van der Waals surface area contributed by atoms with Crippen LogP contribution in [0.3, 0.4) is 0 Å². The van der Waals surface area contributed by atoms with Gasteiger partial charge >= 0.3 is 5.97 Å². The minimum atomic E-state index is -0.293. The number of rotatable bonds is 4. The van der Waals surface area contributed by atoms with Crippen LogP contribution in [-0.4, -0.2) is 49.9 Å². The fourth-order valence-corrected chi connectivity index (χ4v) is 4.08. The maximum Gasteiger partial charge on any atom is 0.323 e. The van der Waals surface area contributed by atoms with E-state index in [0.29, 0.717) is 0 Å². The molecule has 0 amide bonds. The van der Waals surface area contributed by atoms with Crippen LogP contribution in [0.25, 0.3) is 0 Å². The van der Waals surface area contributed by atoms with E-state index in [4.69, 9.17) is 4.74 Å². The van der Waals surface area contributed by atoms with Gasteiger partial charge in [0.2, 0.25) is 0 Å². The molecule has 3 rings (SSSR count). The number of methoxy groups -OCH3 is 1. The number of nitrogens with zero attached hydrogens (tertiary/aromatic N) is 2. The van der Waals surface area contributed by atoms with Crippen molar-refractivity contribution in [2.75, 3.05) is 32.1 Å². The molecule has 5 nitrogen and oxygen atoms in total. The first-order valence-electron chi connectivity index (χ1n) is 8.76. The molecule has 2 aliphatic heterocycles. The predicted octanol–water partition coefficient (Wildman–Crippen LogP) is 2.50. The largest absolute Gasteiger partial charge is 0.468 e. The Morgan fingerprint density at radius 2 is 2.04 bits per heavy atom. The highest BCUT2D eigenvalue weighted by atomic mass is 16.5. The number of para-hydroxylation sites is 1. The summed E-state index contributed by atoms with van der Waals surface area (Å²) in [6.07, 6.45) is 3.42. The monoisotopic (exact) mass is 342 g/mol. The van der Waals surface area contributed by atoms with E-state index >= 15 is 0 Å². The summed E-state index contributed by atoms with van der Waals surface area (Å²) in [5, 5.41) is 0. The molecule has 1 aromatic carbocycles. The summed E-state index contributed by atoms with van der Waals surface area (Å²) < 4.78 is 4.86. The molecule has 0 aromatic heterocycles. The number of carbonyl (C=O) groups excluding carboxylic acids is 2. The molecule has 0 radical (unpaired) electrons. The van der Waals surface area contributed by atoms with Crippen LogP contribution in [0.1, 0.15) is 32.3 Å². The van der Waals surface area contributed by atoms with E-state index < -0.39 is 0 Å². The van der Waals surface area contributed by atoms with Gasteiger partial charge in [0, 0.05) is 29.9 Å². The van der Waals surface area contributed by atoms with E-state index in [-0.39, 0.29) is 29.8 Å². The van der Waals surface area contributed by atoms with Crippen LogP contribution in [0.15, 0.2) is 36.0 Å². The average molecular weight is 342 g/mol. The van der Waals surface area contributed by atoms with Gasteiger partial charge in [-0.2, -0.15) is 0 Å². The van der Waals surface area contributed by atoms with Crippen LogP contribution in [0.4, 0.5) is 5.69 Å². The van der Waals surface area contributed by atoms with Crippen molar-refractivity contribution in [1.82, 2.24) is 4.90 Å². The fourth-order valence-electron chi connectivity index (χ4n) is 4.08. The van der Waals surface area contributed by atoms with Gasteiger partial charge in [0.1, 0.15) is 6.04 Å². The number of likely N-dealkylation sites (N-methyl/N-ethyl adjacent to an activating group) is 1. The molecule has 0 N–H and O–H groups in total. The summed E-state index contributed by atoms with van der Waals surface area (Å²) in [6, 6.07) is 7.95. The van der Waals surface area contributed by atoms with Crippen molar-refractivity contribution in [3.63, 3.8) is 0 Å². The number of ketones is 1. The van der Waals surface area contributed by atoms with Crippen molar-refractivity contribution in [2.45, 2.75) is 38.1 Å². The quantitative estimate of drug-likeness (QED) is 0.622. The summed E-state index contributed by atoms with van der Waals surface area (Å²) in [7, 11) is 3.40. The number of carbonyl (C=O) groups is 2. The molecule has 1 fully saturated rings. The molecule has 0 unspecified atom stereocenters. The second kappa shape index (κ2) is 6.64. The number of hydrogen-bond donors (Lipinski definition) is 0. The van der Waals surface area contributed by atoms with E-state index in [2.05, 4.69) is 30.9 Å². The van der Waals surface area contributed by atoms with Crippen molar-refractivity contribution >= 4 is 17.4 Å². The number of esters is 1. The van der Waals surface area contributed by atoms with E-state index in [9.17, 15) is 9.59 Å². The van der Waals surface area contributed by atoms with Crippen LogP contribution in [0, 0.1) is 0 Å². The maximum atomic E-state index is 12.7. The molecule has 0 spiro atoms. The second-order valence-electron chi connectivity index (χ2n) is 7.35. The Morgan fingerprint density at radius 3 is 2.72 bits per heavy atom. The highest BCUT2D eigenvalue weighted by molar-refractivity contribution is 5.94. The molecule has 134 valence electrons. The van der Waals surface area contributed by atoms with Crippen molar-refractivity contribution in [2.24, 2.45) is 0 Å². The SMILES string of the molecule is COC(=O)[C@H]1CCCN1CC(=O)/C=C1/N(C)c2ccccc2C1(C)C. The van der Waals surface area contributed by atoms with Gasteiger partial charge in [-0.25, -0.2) is 0 Å². The first-order valence-corrected chi connectivity index (χ1v) is 8.76. The van der Waals surface area contributed by atoms with Gasteiger partial charge in [-0.3, -0.25) is 14.5 Å². The van der Waals surface area contributed by atoms with Crippen molar-refractivity contribution in [3.8, 4) is 0 Å². The van der Waals surface area contributed by atoms with Crippen LogP contribution in [0.2, 0.25) is 0 Å². The summed E-state index contributed by atoms with van der Waals surface area (Å²) in [5.74, 6) is -0.220. The number of benzene rings is 1.